The summed E-state index contributed by atoms with van der Waals surface area (Å²) in [4.78, 5) is 13.9. The zero-order valence-corrected chi connectivity index (χ0v) is 17.6. The molecule has 1 saturated carbocycles. The first-order valence-corrected chi connectivity index (χ1v) is 10.2. The Labute approximate surface area is 185 Å². The van der Waals surface area contributed by atoms with E-state index in [9.17, 15) is 9.18 Å². The van der Waals surface area contributed by atoms with E-state index in [-0.39, 0.29) is 24.3 Å². The van der Waals surface area contributed by atoms with Gasteiger partial charge in [-0.3, -0.25) is 10.00 Å². The van der Waals surface area contributed by atoms with Crippen LogP contribution in [0, 0.1) is 11.7 Å². The van der Waals surface area contributed by atoms with E-state index in [0.29, 0.717) is 18.2 Å². The van der Waals surface area contributed by atoms with Gasteiger partial charge in [0.2, 0.25) is 0 Å². The Morgan fingerprint density at radius 3 is 2.81 bits per heavy atom. The van der Waals surface area contributed by atoms with Gasteiger partial charge < -0.3 is 10.1 Å². The maximum atomic E-state index is 13.9. The molecule has 0 unspecified atom stereocenters. The van der Waals surface area contributed by atoms with Gasteiger partial charge in [-0.15, -0.1) is 12.4 Å². The molecular weight excluding hydrogens is 423 g/mol. The Kier molecular flexibility index (Phi) is 5.86. The zero-order valence-electron chi connectivity index (χ0n) is 16.8. The van der Waals surface area contributed by atoms with Gasteiger partial charge in [-0.1, -0.05) is 12.1 Å². The molecule has 5 rings (SSSR count). The molecule has 1 aliphatic heterocycles. The molecule has 1 spiro atoms. The standard InChI is InChI=1S/C21H23FN6O2.ClH/c22-17-3-1-2-4-18(17)28-10-7-19(26-28)23-11-15-5-8-21(9-6-15)14-27(20(29)30-21)16-12-24-25-13-16;/h1-4,7,10,12-13,15H,5-6,8-9,11,14H2,(H,23,26)(H,24,25);1H/t15-,21-;. The van der Waals surface area contributed by atoms with Gasteiger partial charge >= 0.3 is 6.09 Å². The molecule has 1 amide bonds. The summed E-state index contributed by atoms with van der Waals surface area (Å²) in [5.74, 6) is 0.883. The van der Waals surface area contributed by atoms with Crippen LogP contribution in [0.5, 0.6) is 0 Å². The minimum absolute atomic E-state index is 0. The number of amides is 1. The van der Waals surface area contributed by atoms with Crippen LogP contribution in [0.4, 0.5) is 20.7 Å². The molecule has 3 aromatic rings. The number of H-pyrrole nitrogens is 1. The SMILES string of the molecule is Cl.O=C1O[C@]2(CC[C@H](CNc3ccn(-c4ccccc4F)n3)CC2)CN1c1cn[nH]c1. The van der Waals surface area contributed by atoms with E-state index in [1.165, 1.54) is 10.7 Å². The largest absolute Gasteiger partial charge is 0.441 e. The van der Waals surface area contributed by atoms with Crippen molar-refractivity contribution in [1.82, 2.24) is 20.0 Å². The van der Waals surface area contributed by atoms with E-state index in [4.69, 9.17) is 4.74 Å². The van der Waals surface area contributed by atoms with Gasteiger partial charge in [0.15, 0.2) is 0 Å². The molecule has 2 fully saturated rings. The number of halogens is 2. The first kappa shape index (κ1) is 21.2. The van der Waals surface area contributed by atoms with Crippen LogP contribution in [0.15, 0.2) is 48.9 Å². The number of anilines is 2. The Balaban J connectivity index is 0.00000231. The van der Waals surface area contributed by atoms with E-state index >= 15 is 0 Å². The van der Waals surface area contributed by atoms with Crippen LogP contribution in [0.25, 0.3) is 5.69 Å². The lowest BCUT2D eigenvalue weighted by molar-refractivity contribution is 0.0148. The van der Waals surface area contributed by atoms with Gasteiger partial charge in [0.1, 0.15) is 22.9 Å². The molecular formula is C21H24ClFN6O2. The number of hydrogen-bond donors (Lipinski definition) is 2. The molecule has 1 aliphatic carbocycles. The van der Waals surface area contributed by atoms with Crippen LogP contribution in [0.3, 0.4) is 0 Å². The summed E-state index contributed by atoms with van der Waals surface area (Å²) in [5.41, 5.74) is 0.763. The van der Waals surface area contributed by atoms with Crippen molar-refractivity contribution >= 4 is 30.0 Å². The van der Waals surface area contributed by atoms with E-state index in [2.05, 4.69) is 20.6 Å². The summed E-state index contributed by atoms with van der Waals surface area (Å²) in [5, 5.41) is 14.4. The molecule has 0 bridgehead atoms. The van der Waals surface area contributed by atoms with Crippen molar-refractivity contribution in [3.05, 3.63) is 54.7 Å². The van der Waals surface area contributed by atoms with E-state index in [0.717, 1.165) is 43.7 Å². The number of benzene rings is 1. The highest BCUT2D eigenvalue weighted by Gasteiger charge is 2.47. The normalized spacial score (nSPS) is 22.9. The smallest absolute Gasteiger partial charge is 0.415 e. The Morgan fingerprint density at radius 1 is 1.26 bits per heavy atom. The molecule has 2 aromatic heterocycles. The molecule has 1 saturated heterocycles. The summed E-state index contributed by atoms with van der Waals surface area (Å²) >= 11 is 0. The summed E-state index contributed by atoms with van der Waals surface area (Å²) in [6, 6.07) is 8.41. The molecule has 0 atom stereocenters. The van der Waals surface area contributed by atoms with Crippen LogP contribution in [0.1, 0.15) is 25.7 Å². The number of aromatic nitrogens is 4. The third-order valence-electron chi connectivity index (χ3n) is 6.04. The second-order valence-electron chi connectivity index (χ2n) is 8.01. The third kappa shape index (κ3) is 4.23. The molecule has 2 N–H and O–H groups in total. The third-order valence-corrected chi connectivity index (χ3v) is 6.04. The number of carbonyl (C=O) groups is 1. The van der Waals surface area contributed by atoms with Gasteiger partial charge in [0.05, 0.1) is 18.4 Å². The number of nitrogens with one attached hydrogen (secondary N) is 2. The molecule has 3 heterocycles. The molecule has 8 nitrogen and oxygen atoms in total. The fourth-order valence-electron chi connectivity index (χ4n) is 4.32. The van der Waals surface area contributed by atoms with Crippen LogP contribution >= 0.6 is 12.4 Å². The van der Waals surface area contributed by atoms with Crippen LogP contribution in [0.2, 0.25) is 0 Å². The van der Waals surface area contributed by atoms with Gasteiger partial charge in [-0.25, -0.2) is 13.9 Å². The zero-order chi connectivity index (χ0) is 20.6. The monoisotopic (exact) mass is 446 g/mol. The van der Waals surface area contributed by atoms with Crippen molar-refractivity contribution in [3.63, 3.8) is 0 Å². The Morgan fingerprint density at radius 2 is 2.06 bits per heavy atom. The number of aromatic amines is 1. The second-order valence-corrected chi connectivity index (χ2v) is 8.01. The predicted molar refractivity (Wildman–Crippen MR) is 116 cm³/mol. The summed E-state index contributed by atoms with van der Waals surface area (Å²) in [6.07, 6.45) is 8.39. The molecule has 1 aromatic carbocycles. The highest BCUT2D eigenvalue weighted by Crippen LogP contribution is 2.40. The number of carbonyl (C=O) groups excluding carboxylic acids is 1. The van der Waals surface area contributed by atoms with Crippen molar-refractivity contribution < 1.29 is 13.9 Å². The summed E-state index contributed by atoms with van der Waals surface area (Å²) in [6.45, 7) is 1.35. The molecule has 164 valence electrons. The van der Waals surface area contributed by atoms with Crippen LogP contribution in [-0.4, -0.2) is 44.8 Å². The van der Waals surface area contributed by atoms with Crippen molar-refractivity contribution in [1.29, 1.82) is 0 Å². The van der Waals surface area contributed by atoms with Crippen molar-refractivity contribution in [2.24, 2.45) is 5.92 Å². The minimum atomic E-state index is -0.405. The average molecular weight is 447 g/mol. The van der Waals surface area contributed by atoms with E-state index in [1.54, 1.807) is 41.7 Å². The highest BCUT2D eigenvalue weighted by molar-refractivity contribution is 5.89. The highest BCUT2D eigenvalue weighted by atomic mass is 35.5. The molecule has 2 aliphatic rings. The average Bonchev–Trinajstić information content (AvgIpc) is 3.49. The minimum Gasteiger partial charge on any atom is -0.441 e. The lowest BCUT2D eigenvalue weighted by Gasteiger charge is -2.35. The Bertz CT molecular complexity index is 1030. The fourth-order valence-corrected chi connectivity index (χ4v) is 4.32. The summed E-state index contributed by atoms with van der Waals surface area (Å²) in [7, 11) is 0. The van der Waals surface area contributed by atoms with E-state index < -0.39 is 5.60 Å². The maximum absolute atomic E-state index is 13.9. The number of rotatable bonds is 5. The van der Waals surface area contributed by atoms with Gasteiger partial charge in [0, 0.05) is 25.0 Å². The second kappa shape index (κ2) is 8.58. The first-order chi connectivity index (χ1) is 14.6. The number of para-hydroxylation sites is 1. The number of ether oxygens (including phenoxy) is 1. The van der Waals surface area contributed by atoms with Crippen molar-refractivity contribution in [2.45, 2.75) is 31.3 Å². The van der Waals surface area contributed by atoms with Crippen molar-refractivity contribution in [2.75, 3.05) is 23.3 Å². The van der Waals surface area contributed by atoms with Gasteiger partial charge in [0.25, 0.3) is 0 Å². The maximum Gasteiger partial charge on any atom is 0.415 e. The van der Waals surface area contributed by atoms with Crippen molar-refractivity contribution in [3.8, 4) is 5.69 Å². The quantitative estimate of drug-likeness (QED) is 0.614. The number of nitrogens with zero attached hydrogens (tertiary/aromatic N) is 4. The predicted octanol–water partition coefficient (Wildman–Crippen LogP) is 4.15. The lowest BCUT2D eigenvalue weighted by atomic mass is 9.78. The van der Waals surface area contributed by atoms with Gasteiger partial charge in [-0.2, -0.15) is 10.2 Å². The van der Waals surface area contributed by atoms with Crippen LogP contribution in [-0.2, 0) is 4.74 Å². The first-order valence-electron chi connectivity index (χ1n) is 10.2. The summed E-state index contributed by atoms with van der Waals surface area (Å²) < 4.78 is 21.2. The molecule has 0 radical (unpaired) electrons. The van der Waals surface area contributed by atoms with Gasteiger partial charge in [-0.05, 0) is 43.7 Å². The van der Waals surface area contributed by atoms with Crippen LogP contribution < -0.4 is 10.2 Å². The topological polar surface area (TPSA) is 88.1 Å². The molecule has 10 heteroatoms. The number of hydrogen-bond acceptors (Lipinski definition) is 5. The fraction of sp³-hybridized carbons (Fsp3) is 0.381. The lowest BCUT2D eigenvalue weighted by Crippen LogP contribution is -2.39. The van der Waals surface area contributed by atoms with E-state index in [1.807, 2.05) is 6.07 Å². The Hall–Kier alpha value is -3.07. The molecule has 31 heavy (non-hydrogen) atoms.